The smallest absolute Gasteiger partial charge is 0.244 e. The molecule has 1 unspecified atom stereocenters. The van der Waals surface area contributed by atoms with Gasteiger partial charge in [0.2, 0.25) is 5.91 Å². The van der Waals surface area contributed by atoms with Crippen LogP contribution in [-0.4, -0.2) is 29.2 Å². The second kappa shape index (κ2) is 8.22. The van der Waals surface area contributed by atoms with Crippen LogP contribution in [0.5, 0.6) is 11.5 Å². The second-order valence-corrected chi connectivity index (χ2v) is 6.92. The zero-order valence-electron chi connectivity index (χ0n) is 16.5. The number of nitrogens with zero attached hydrogens (tertiary/aromatic N) is 2. The molecule has 6 nitrogen and oxygen atoms in total. The first-order valence-electron chi connectivity index (χ1n) is 9.53. The Morgan fingerprint density at radius 2 is 2.17 bits per heavy atom. The second-order valence-electron chi connectivity index (χ2n) is 6.92. The summed E-state index contributed by atoms with van der Waals surface area (Å²) in [5, 5.41) is 3.06. The number of methoxy groups -OCH3 is 1. The van der Waals surface area contributed by atoms with Gasteiger partial charge in [0, 0.05) is 24.3 Å². The third-order valence-corrected chi connectivity index (χ3v) is 4.90. The quantitative estimate of drug-likeness (QED) is 0.674. The molecule has 1 aliphatic heterocycles. The van der Waals surface area contributed by atoms with Crippen molar-refractivity contribution in [1.82, 2.24) is 14.9 Å². The van der Waals surface area contributed by atoms with E-state index in [0.717, 1.165) is 34.7 Å². The molecule has 0 radical (unpaired) electrons. The van der Waals surface area contributed by atoms with Crippen LogP contribution in [-0.2, 0) is 4.79 Å². The van der Waals surface area contributed by atoms with Crippen molar-refractivity contribution < 1.29 is 14.3 Å². The van der Waals surface area contributed by atoms with Gasteiger partial charge in [-0.05, 0) is 36.8 Å². The van der Waals surface area contributed by atoms with Crippen LogP contribution in [0.1, 0.15) is 29.3 Å². The summed E-state index contributed by atoms with van der Waals surface area (Å²) in [4.78, 5) is 16.7. The van der Waals surface area contributed by atoms with E-state index in [9.17, 15) is 4.79 Å². The average Bonchev–Trinajstić information content (AvgIpc) is 3.18. The van der Waals surface area contributed by atoms with Crippen molar-refractivity contribution in [1.29, 1.82) is 0 Å². The monoisotopic (exact) mass is 389 g/mol. The summed E-state index contributed by atoms with van der Waals surface area (Å²) in [5.41, 5.74) is 3.73. The zero-order chi connectivity index (χ0) is 20.2. The highest BCUT2D eigenvalue weighted by molar-refractivity contribution is 5.92. The molecule has 4 rings (SSSR count). The molecule has 1 amide bonds. The van der Waals surface area contributed by atoms with Gasteiger partial charge in [0.15, 0.2) is 0 Å². The molecule has 6 heteroatoms. The summed E-state index contributed by atoms with van der Waals surface area (Å²) in [6.07, 6.45) is 7.78. The van der Waals surface area contributed by atoms with Crippen LogP contribution >= 0.6 is 0 Å². The molecule has 2 heterocycles. The van der Waals surface area contributed by atoms with Gasteiger partial charge in [0.1, 0.15) is 11.5 Å². The van der Waals surface area contributed by atoms with E-state index in [1.165, 1.54) is 0 Å². The van der Waals surface area contributed by atoms with E-state index in [4.69, 9.17) is 9.47 Å². The van der Waals surface area contributed by atoms with Crippen LogP contribution in [0.15, 0.2) is 61.1 Å². The molecular weight excluding hydrogens is 366 g/mol. The van der Waals surface area contributed by atoms with Crippen LogP contribution in [0.3, 0.4) is 0 Å². The van der Waals surface area contributed by atoms with Crippen molar-refractivity contribution >= 4 is 12.0 Å². The molecular formula is C23H23N3O3. The highest BCUT2D eigenvalue weighted by Crippen LogP contribution is 2.31. The number of aromatic nitrogens is 2. The van der Waals surface area contributed by atoms with E-state index in [-0.39, 0.29) is 11.9 Å². The minimum atomic E-state index is -0.139. The van der Waals surface area contributed by atoms with Crippen molar-refractivity contribution in [2.24, 2.45) is 0 Å². The van der Waals surface area contributed by atoms with Gasteiger partial charge >= 0.3 is 0 Å². The summed E-state index contributed by atoms with van der Waals surface area (Å²) in [6.45, 7) is 2.54. The number of benzene rings is 2. The van der Waals surface area contributed by atoms with Gasteiger partial charge in [-0.2, -0.15) is 0 Å². The van der Waals surface area contributed by atoms with Crippen LogP contribution < -0.4 is 14.8 Å². The van der Waals surface area contributed by atoms with Crippen LogP contribution in [0, 0.1) is 6.92 Å². The highest BCUT2D eigenvalue weighted by Gasteiger charge is 2.21. The summed E-state index contributed by atoms with van der Waals surface area (Å²) < 4.78 is 13.1. The van der Waals surface area contributed by atoms with E-state index in [1.54, 1.807) is 25.6 Å². The van der Waals surface area contributed by atoms with Crippen LogP contribution in [0.2, 0.25) is 0 Å². The SMILES string of the molecule is COc1cc(/C=C/C(=O)NC2CCOc3ccccc32)ccc1-n1cnc(C)c1. The van der Waals surface area contributed by atoms with Crippen molar-refractivity contribution in [3.05, 3.63) is 77.9 Å². The largest absolute Gasteiger partial charge is 0.495 e. The molecule has 1 aliphatic rings. The molecule has 2 aromatic carbocycles. The zero-order valence-corrected chi connectivity index (χ0v) is 16.5. The molecule has 0 fully saturated rings. The maximum atomic E-state index is 12.5. The van der Waals surface area contributed by atoms with E-state index < -0.39 is 0 Å². The van der Waals surface area contributed by atoms with E-state index >= 15 is 0 Å². The van der Waals surface area contributed by atoms with Crippen molar-refractivity contribution in [2.75, 3.05) is 13.7 Å². The number of amides is 1. The van der Waals surface area contributed by atoms with Gasteiger partial charge < -0.3 is 19.4 Å². The van der Waals surface area contributed by atoms with Crippen LogP contribution in [0.4, 0.5) is 0 Å². The number of ether oxygens (including phenoxy) is 2. The van der Waals surface area contributed by atoms with Gasteiger partial charge in [-0.3, -0.25) is 4.79 Å². The van der Waals surface area contributed by atoms with Gasteiger partial charge in [-0.1, -0.05) is 24.3 Å². The predicted molar refractivity (Wildman–Crippen MR) is 111 cm³/mol. The fourth-order valence-corrected chi connectivity index (χ4v) is 3.45. The van der Waals surface area contributed by atoms with Gasteiger partial charge in [-0.25, -0.2) is 4.98 Å². The number of imidazole rings is 1. The number of hydrogen-bond donors (Lipinski definition) is 1. The molecule has 0 saturated carbocycles. The third-order valence-electron chi connectivity index (χ3n) is 4.90. The number of nitrogens with one attached hydrogen (secondary N) is 1. The molecule has 0 bridgehead atoms. The Bertz CT molecular complexity index is 1060. The van der Waals surface area contributed by atoms with Crippen molar-refractivity contribution in [2.45, 2.75) is 19.4 Å². The fraction of sp³-hybridized carbons (Fsp3) is 0.217. The minimum Gasteiger partial charge on any atom is -0.495 e. The lowest BCUT2D eigenvalue weighted by Crippen LogP contribution is -2.30. The Morgan fingerprint density at radius 3 is 2.97 bits per heavy atom. The normalized spacial score (nSPS) is 15.6. The van der Waals surface area contributed by atoms with E-state index in [2.05, 4.69) is 10.3 Å². The van der Waals surface area contributed by atoms with E-state index in [1.807, 2.05) is 60.2 Å². The Labute approximate surface area is 169 Å². The Hall–Kier alpha value is -3.54. The molecule has 3 aromatic rings. The molecule has 148 valence electrons. The Morgan fingerprint density at radius 1 is 1.31 bits per heavy atom. The summed E-state index contributed by atoms with van der Waals surface area (Å²) in [7, 11) is 1.63. The summed E-state index contributed by atoms with van der Waals surface area (Å²) >= 11 is 0. The summed E-state index contributed by atoms with van der Waals surface area (Å²) in [6, 6.07) is 13.6. The number of hydrogen-bond acceptors (Lipinski definition) is 4. The van der Waals surface area contributed by atoms with Crippen molar-refractivity contribution in [3.63, 3.8) is 0 Å². The highest BCUT2D eigenvalue weighted by atomic mass is 16.5. The number of para-hydroxylation sites is 1. The number of fused-ring (bicyclic) bond motifs is 1. The lowest BCUT2D eigenvalue weighted by atomic mass is 10.0. The standard InChI is InChI=1S/C23H23N3O3/c1-16-14-26(15-24-16)20-9-7-17(13-22(20)28-2)8-10-23(27)25-19-11-12-29-21-6-4-3-5-18(19)21/h3-10,13-15,19H,11-12H2,1-2H3,(H,25,27)/b10-8+. The molecule has 1 aromatic heterocycles. The minimum absolute atomic E-state index is 0.0431. The molecule has 29 heavy (non-hydrogen) atoms. The Balaban J connectivity index is 1.47. The fourth-order valence-electron chi connectivity index (χ4n) is 3.45. The third kappa shape index (κ3) is 4.16. The van der Waals surface area contributed by atoms with Gasteiger partial charge in [-0.15, -0.1) is 0 Å². The number of carbonyl (C=O) groups is 1. The van der Waals surface area contributed by atoms with Gasteiger partial charge in [0.05, 0.1) is 37.5 Å². The van der Waals surface area contributed by atoms with E-state index in [0.29, 0.717) is 12.4 Å². The number of carbonyl (C=O) groups excluding carboxylic acids is 1. The maximum Gasteiger partial charge on any atom is 0.244 e. The first-order chi connectivity index (χ1) is 14.1. The van der Waals surface area contributed by atoms with Crippen LogP contribution in [0.25, 0.3) is 11.8 Å². The lowest BCUT2D eigenvalue weighted by Gasteiger charge is -2.26. The molecule has 0 spiro atoms. The molecule has 0 saturated heterocycles. The van der Waals surface area contributed by atoms with Crippen molar-refractivity contribution in [3.8, 4) is 17.2 Å². The lowest BCUT2D eigenvalue weighted by molar-refractivity contribution is -0.117. The van der Waals surface area contributed by atoms with Gasteiger partial charge in [0.25, 0.3) is 0 Å². The topological polar surface area (TPSA) is 65.4 Å². The average molecular weight is 389 g/mol. The maximum absolute atomic E-state index is 12.5. The molecule has 1 atom stereocenters. The number of rotatable bonds is 5. The molecule has 0 aliphatic carbocycles. The number of aryl methyl sites for hydroxylation is 1. The first-order valence-corrected chi connectivity index (χ1v) is 9.53. The Kier molecular flexibility index (Phi) is 5.33. The first kappa shape index (κ1) is 18.8. The summed E-state index contributed by atoms with van der Waals surface area (Å²) in [5.74, 6) is 1.41. The molecule has 1 N–H and O–H groups in total. The predicted octanol–water partition coefficient (Wildman–Crippen LogP) is 3.84.